The molecule has 0 spiro atoms. The maximum atomic E-state index is 12.2. The Morgan fingerprint density at radius 1 is 1.23 bits per heavy atom. The van der Waals surface area contributed by atoms with Crippen LogP contribution in [0, 0.1) is 0 Å². The number of nitrogens with one attached hydrogen (secondary N) is 1. The lowest BCUT2D eigenvalue weighted by Crippen LogP contribution is -2.13. The molecular weight excluding hydrogens is 300 g/mol. The van der Waals surface area contributed by atoms with Crippen LogP contribution in [0.3, 0.4) is 0 Å². The standard InChI is InChI=1S/C16H16N2O3S/c1-12(2)16(19)10-13-5-7-15(8-6-13)22(20,21)18-14-4-3-9-17-11-14/h3-9,11,18H,1,10H2,2H3. The number of Topliss-reactive ketones (excluding diaryl/α,β-unsaturated/α-hetero) is 1. The topological polar surface area (TPSA) is 76.1 Å². The van der Waals surface area contributed by atoms with Crippen LogP contribution in [0.15, 0.2) is 65.8 Å². The fourth-order valence-electron chi connectivity index (χ4n) is 1.76. The number of carbonyl (C=O) groups is 1. The number of pyridine rings is 1. The lowest BCUT2D eigenvalue weighted by molar-refractivity contribution is -0.114. The van der Waals surface area contributed by atoms with Gasteiger partial charge in [0.1, 0.15) is 0 Å². The minimum absolute atomic E-state index is 0.0657. The molecule has 0 unspecified atom stereocenters. The molecule has 1 aromatic carbocycles. The fraction of sp³-hybridized carbons (Fsp3) is 0.125. The first-order valence-electron chi connectivity index (χ1n) is 6.59. The number of aromatic nitrogens is 1. The number of sulfonamides is 1. The van der Waals surface area contributed by atoms with E-state index in [1.54, 1.807) is 37.4 Å². The summed E-state index contributed by atoms with van der Waals surface area (Å²) in [5, 5.41) is 0. The van der Waals surface area contributed by atoms with Gasteiger partial charge in [0.2, 0.25) is 0 Å². The van der Waals surface area contributed by atoms with Crippen LogP contribution in [0.5, 0.6) is 0 Å². The van der Waals surface area contributed by atoms with Crippen LogP contribution in [-0.2, 0) is 21.2 Å². The monoisotopic (exact) mass is 316 g/mol. The third kappa shape index (κ3) is 4.02. The van der Waals surface area contributed by atoms with Crippen molar-refractivity contribution < 1.29 is 13.2 Å². The summed E-state index contributed by atoms with van der Waals surface area (Å²) in [4.78, 5) is 15.6. The van der Waals surface area contributed by atoms with Gasteiger partial charge in [-0.15, -0.1) is 0 Å². The van der Waals surface area contributed by atoms with Crippen molar-refractivity contribution in [2.24, 2.45) is 0 Å². The molecule has 0 aliphatic heterocycles. The van der Waals surface area contributed by atoms with Gasteiger partial charge in [0, 0.05) is 12.6 Å². The van der Waals surface area contributed by atoms with Gasteiger partial charge in [-0.25, -0.2) is 8.42 Å². The average Bonchev–Trinajstić information content (AvgIpc) is 2.48. The van der Waals surface area contributed by atoms with Crippen LogP contribution in [-0.4, -0.2) is 19.2 Å². The number of rotatable bonds is 6. The molecule has 0 aliphatic rings. The third-order valence-electron chi connectivity index (χ3n) is 2.99. The van der Waals surface area contributed by atoms with Gasteiger partial charge in [0.15, 0.2) is 5.78 Å². The van der Waals surface area contributed by atoms with E-state index in [0.717, 1.165) is 5.56 Å². The number of benzene rings is 1. The molecule has 22 heavy (non-hydrogen) atoms. The summed E-state index contributed by atoms with van der Waals surface area (Å²) >= 11 is 0. The molecule has 2 aromatic rings. The summed E-state index contributed by atoms with van der Waals surface area (Å²) in [6, 6.07) is 9.45. The third-order valence-corrected chi connectivity index (χ3v) is 4.39. The molecule has 0 saturated carbocycles. The van der Waals surface area contributed by atoms with E-state index in [9.17, 15) is 13.2 Å². The second-order valence-corrected chi connectivity index (χ2v) is 6.55. The summed E-state index contributed by atoms with van der Waals surface area (Å²) < 4.78 is 26.9. The van der Waals surface area contributed by atoms with E-state index in [-0.39, 0.29) is 17.1 Å². The van der Waals surface area contributed by atoms with E-state index in [4.69, 9.17) is 0 Å². The number of carbonyl (C=O) groups excluding carboxylic acids is 1. The van der Waals surface area contributed by atoms with E-state index in [1.165, 1.54) is 18.3 Å². The Balaban J connectivity index is 2.15. The molecule has 1 heterocycles. The van der Waals surface area contributed by atoms with Crippen LogP contribution in [0.4, 0.5) is 5.69 Å². The Hall–Kier alpha value is -2.47. The molecular formula is C16H16N2O3S. The smallest absolute Gasteiger partial charge is 0.261 e. The first-order valence-corrected chi connectivity index (χ1v) is 8.07. The Morgan fingerprint density at radius 3 is 2.45 bits per heavy atom. The Kier molecular flexibility index (Phi) is 4.72. The largest absolute Gasteiger partial charge is 0.294 e. The van der Waals surface area contributed by atoms with Crippen LogP contribution >= 0.6 is 0 Å². The van der Waals surface area contributed by atoms with Crippen molar-refractivity contribution in [3.63, 3.8) is 0 Å². The molecule has 6 heteroatoms. The number of nitrogens with zero attached hydrogens (tertiary/aromatic N) is 1. The number of hydrogen-bond acceptors (Lipinski definition) is 4. The molecule has 0 fully saturated rings. The Labute approximate surface area is 129 Å². The van der Waals surface area contributed by atoms with Crippen LogP contribution in [0.2, 0.25) is 0 Å². The number of hydrogen-bond donors (Lipinski definition) is 1. The van der Waals surface area contributed by atoms with Crippen molar-refractivity contribution in [3.8, 4) is 0 Å². The molecule has 0 radical (unpaired) electrons. The lowest BCUT2D eigenvalue weighted by atomic mass is 10.1. The van der Waals surface area contributed by atoms with Crippen LogP contribution < -0.4 is 4.72 Å². The van der Waals surface area contributed by atoms with Crippen molar-refractivity contribution in [1.29, 1.82) is 0 Å². The highest BCUT2D eigenvalue weighted by Gasteiger charge is 2.14. The first kappa shape index (κ1) is 15.9. The summed E-state index contributed by atoms with van der Waals surface area (Å²) in [5.41, 5.74) is 1.62. The minimum atomic E-state index is -3.67. The molecule has 114 valence electrons. The van der Waals surface area contributed by atoms with Crippen molar-refractivity contribution in [3.05, 3.63) is 66.5 Å². The van der Waals surface area contributed by atoms with Gasteiger partial charge in [-0.3, -0.25) is 14.5 Å². The Morgan fingerprint density at radius 2 is 1.91 bits per heavy atom. The molecule has 0 amide bonds. The van der Waals surface area contributed by atoms with Crippen molar-refractivity contribution in [2.45, 2.75) is 18.2 Å². The second kappa shape index (κ2) is 6.53. The van der Waals surface area contributed by atoms with Crippen LogP contribution in [0.25, 0.3) is 0 Å². The molecule has 2 rings (SSSR count). The van der Waals surface area contributed by atoms with Gasteiger partial charge < -0.3 is 0 Å². The normalized spacial score (nSPS) is 11.0. The van der Waals surface area contributed by atoms with Crippen LogP contribution in [0.1, 0.15) is 12.5 Å². The number of anilines is 1. The van der Waals surface area contributed by atoms with E-state index < -0.39 is 10.0 Å². The Bertz CT molecular complexity index is 782. The second-order valence-electron chi connectivity index (χ2n) is 4.87. The molecule has 0 aliphatic carbocycles. The van der Waals surface area contributed by atoms with Gasteiger partial charge >= 0.3 is 0 Å². The zero-order chi connectivity index (χ0) is 16.2. The quantitative estimate of drug-likeness (QED) is 0.831. The van der Waals surface area contributed by atoms with Gasteiger partial charge in [0.05, 0.1) is 16.8 Å². The molecule has 5 nitrogen and oxygen atoms in total. The fourth-order valence-corrected chi connectivity index (χ4v) is 2.80. The van der Waals surface area contributed by atoms with Crippen molar-refractivity contribution in [1.82, 2.24) is 4.98 Å². The van der Waals surface area contributed by atoms with E-state index in [2.05, 4.69) is 16.3 Å². The first-order chi connectivity index (χ1) is 10.4. The van der Waals surface area contributed by atoms with E-state index >= 15 is 0 Å². The molecule has 0 atom stereocenters. The molecule has 0 saturated heterocycles. The molecule has 1 N–H and O–H groups in total. The number of allylic oxidation sites excluding steroid dienone is 1. The van der Waals surface area contributed by atoms with Gasteiger partial charge in [-0.05, 0) is 42.3 Å². The highest BCUT2D eigenvalue weighted by atomic mass is 32.2. The SMILES string of the molecule is C=C(C)C(=O)Cc1ccc(S(=O)(=O)Nc2cccnc2)cc1. The van der Waals surface area contributed by atoms with E-state index in [0.29, 0.717) is 11.3 Å². The zero-order valence-electron chi connectivity index (χ0n) is 12.1. The van der Waals surface area contributed by atoms with Gasteiger partial charge in [-0.1, -0.05) is 18.7 Å². The molecule has 1 aromatic heterocycles. The summed E-state index contributed by atoms with van der Waals surface area (Å²) in [6.07, 6.45) is 3.20. The zero-order valence-corrected chi connectivity index (χ0v) is 12.9. The average molecular weight is 316 g/mol. The van der Waals surface area contributed by atoms with E-state index in [1.807, 2.05) is 0 Å². The predicted octanol–water partition coefficient (Wildman–Crippen LogP) is 2.57. The maximum absolute atomic E-state index is 12.2. The molecule has 0 bridgehead atoms. The summed E-state index contributed by atoms with van der Waals surface area (Å²) in [7, 11) is -3.67. The summed E-state index contributed by atoms with van der Waals surface area (Å²) in [5.74, 6) is -0.0657. The van der Waals surface area contributed by atoms with Crippen molar-refractivity contribution in [2.75, 3.05) is 4.72 Å². The van der Waals surface area contributed by atoms with Gasteiger partial charge in [0.25, 0.3) is 10.0 Å². The highest BCUT2D eigenvalue weighted by Crippen LogP contribution is 2.16. The highest BCUT2D eigenvalue weighted by molar-refractivity contribution is 7.92. The minimum Gasteiger partial charge on any atom is -0.294 e. The lowest BCUT2D eigenvalue weighted by Gasteiger charge is -2.08. The predicted molar refractivity (Wildman–Crippen MR) is 85.0 cm³/mol. The number of ketones is 1. The van der Waals surface area contributed by atoms with Gasteiger partial charge in [-0.2, -0.15) is 0 Å². The summed E-state index contributed by atoms with van der Waals surface area (Å²) in [6.45, 7) is 5.25. The maximum Gasteiger partial charge on any atom is 0.261 e. The van der Waals surface area contributed by atoms with Crippen molar-refractivity contribution >= 4 is 21.5 Å².